The van der Waals surface area contributed by atoms with Crippen molar-refractivity contribution in [3.63, 3.8) is 0 Å². The number of rotatable bonds is 6. The van der Waals surface area contributed by atoms with Gasteiger partial charge in [0.2, 0.25) is 5.91 Å². The van der Waals surface area contributed by atoms with Gasteiger partial charge in [0.25, 0.3) is 0 Å². The Morgan fingerprint density at radius 3 is 2.41 bits per heavy atom. The number of hydrogen-bond donors (Lipinski definition) is 0. The molecule has 0 aromatic rings. The maximum atomic E-state index is 11.9. The molecule has 1 aliphatic rings. The molecule has 2 heteroatoms. The van der Waals surface area contributed by atoms with Crippen LogP contribution in [0.25, 0.3) is 0 Å². The molecule has 17 heavy (non-hydrogen) atoms. The average molecular weight is 239 g/mol. The Morgan fingerprint density at radius 2 is 2.00 bits per heavy atom. The maximum Gasteiger partial charge on any atom is 0.222 e. The predicted molar refractivity (Wildman–Crippen MR) is 72.9 cm³/mol. The number of carbonyl (C=O) groups is 1. The molecule has 2 unspecified atom stereocenters. The molecular formula is C15H29NO. The molecule has 0 N–H and O–H groups in total. The van der Waals surface area contributed by atoms with Crippen molar-refractivity contribution in [1.29, 1.82) is 0 Å². The van der Waals surface area contributed by atoms with E-state index in [2.05, 4.69) is 39.5 Å². The molecule has 1 rings (SSSR count). The Bertz CT molecular complexity index is 260. The lowest BCUT2D eigenvalue weighted by Crippen LogP contribution is -2.43. The zero-order valence-corrected chi connectivity index (χ0v) is 12.3. The van der Waals surface area contributed by atoms with Gasteiger partial charge < -0.3 is 4.90 Å². The summed E-state index contributed by atoms with van der Waals surface area (Å²) in [5, 5.41) is 0. The van der Waals surface area contributed by atoms with Crippen LogP contribution in [0.4, 0.5) is 0 Å². The fourth-order valence-electron chi connectivity index (χ4n) is 2.62. The molecule has 1 fully saturated rings. The second-order valence-electron chi connectivity index (χ2n) is 6.37. The summed E-state index contributed by atoms with van der Waals surface area (Å²) >= 11 is 0. The molecule has 0 radical (unpaired) electrons. The van der Waals surface area contributed by atoms with Crippen molar-refractivity contribution in [1.82, 2.24) is 4.90 Å². The first kappa shape index (κ1) is 14.5. The standard InChI is InChI=1S/C15H29NO/c1-6-12(3)13(11-15(4,5)7-2)16-10-8-9-14(16)17/h12-13H,6-11H2,1-5H3. The smallest absolute Gasteiger partial charge is 0.222 e. The molecule has 0 spiro atoms. The van der Waals surface area contributed by atoms with Gasteiger partial charge in [-0.25, -0.2) is 0 Å². The van der Waals surface area contributed by atoms with Gasteiger partial charge in [-0.05, 0) is 24.2 Å². The van der Waals surface area contributed by atoms with Crippen molar-refractivity contribution >= 4 is 5.91 Å². The summed E-state index contributed by atoms with van der Waals surface area (Å²) in [5.41, 5.74) is 0.344. The minimum atomic E-state index is 0.344. The second kappa shape index (κ2) is 5.88. The van der Waals surface area contributed by atoms with Crippen LogP contribution in [-0.2, 0) is 4.79 Å². The highest BCUT2D eigenvalue weighted by Gasteiger charge is 2.34. The normalized spacial score (nSPS) is 20.8. The largest absolute Gasteiger partial charge is 0.339 e. The highest BCUT2D eigenvalue weighted by atomic mass is 16.2. The van der Waals surface area contributed by atoms with Crippen LogP contribution in [0.15, 0.2) is 0 Å². The highest BCUT2D eigenvalue weighted by molar-refractivity contribution is 5.78. The van der Waals surface area contributed by atoms with E-state index >= 15 is 0 Å². The van der Waals surface area contributed by atoms with Gasteiger partial charge in [-0.15, -0.1) is 0 Å². The molecule has 100 valence electrons. The second-order valence-corrected chi connectivity index (χ2v) is 6.37. The molecule has 2 atom stereocenters. The summed E-state index contributed by atoms with van der Waals surface area (Å²) in [4.78, 5) is 14.1. The maximum absolute atomic E-state index is 11.9. The Balaban J connectivity index is 2.77. The van der Waals surface area contributed by atoms with Gasteiger partial charge in [0.1, 0.15) is 0 Å². The lowest BCUT2D eigenvalue weighted by Gasteiger charge is -2.38. The summed E-state index contributed by atoms with van der Waals surface area (Å²) in [6.45, 7) is 12.4. The quantitative estimate of drug-likeness (QED) is 0.689. The van der Waals surface area contributed by atoms with E-state index in [1.807, 2.05) is 0 Å². The molecule has 1 amide bonds. The van der Waals surface area contributed by atoms with Crippen molar-refractivity contribution in [3.05, 3.63) is 0 Å². The third kappa shape index (κ3) is 3.72. The van der Waals surface area contributed by atoms with E-state index in [-0.39, 0.29) is 0 Å². The first-order chi connectivity index (χ1) is 7.91. The molecule has 0 aromatic heterocycles. The van der Waals surface area contributed by atoms with Crippen LogP contribution in [0.5, 0.6) is 0 Å². The Labute approximate surface area is 107 Å². The van der Waals surface area contributed by atoms with E-state index in [4.69, 9.17) is 0 Å². The van der Waals surface area contributed by atoms with Crippen molar-refractivity contribution in [2.75, 3.05) is 6.54 Å². The molecular weight excluding hydrogens is 210 g/mol. The first-order valence-corrected chi connectivity index (χ1v) is 7.20. The first-order valence-electron chi connectivity index (χ1n) is 7.20. The number of carbonyl (C=O) groups excluding carboxylic acids is 1. The van der Waals surface area contributed by atoms with E-state index in [1.165, 1.54) is 6.42 Å². The monoisotopic (exact) mass is 239 g/mol. The Kier molecular flexibility index (Phi) is 5.03. The summed E-state index contributed by atoms with van der Waals surface area (Å²) in [5.74, 6) is 0.991. The van der Waals surface area contributed by atoms with Crippen molar-refractivity contribution in [3.8, 4) is 0 Å². The molecule has 1 saturated heterocycles. The minimum absolute atomic E-state index is 0.344. The fraction of sp³-hybridized carbons (Fsp3) is 0.933. The Morgan fingerprint density at radius 1 is 1.35 bits per heavy atom. The molecule has 1 heterocycles. The summed E-state index contributed by atoms with van der Waals surface area (Å²) in [7, 11) is 0. The van der Waals surface area contributed by atoms with E-state index < -0.39 is 0 Å². The van der Waals surface area contributed by atoms with E-state index in [9.17, 15) is 4.79 Å². The average Bonchev–Trinajstić information content (AvgIpc) is 2.71. The molecule has 0 bridgehead atoms. The molecule has 0 aromatic carbocycles. The van der Waals surface area contributed by atoms with Gasteiger partial charge in [-0.2, -0.15) is 0 Å². The summed E-state index contributed by atoms with van der Waals surface area (Å²) < 4.78 is 0. The van der Waals surface area contributed by atoms with E-state index in [0.29, 0.717) is 23.3 Å². The molecule has 0 saturated carbocycles. The SMILES string of the molecule is CCC(C)C(CC(C)(C)CC)N1CCCC1=O. The van der Waals surface area contributed by atoms with Crippen LogP contribution in [0.3, 0.4) is 0 Å². The summed E-state index contributed by atoms with van der Waals surface area (Å²) in [6.07, 6.45) is 5.30. The van der Waals surface area contributed by atoms with Crippen LogP contribution in [0, 0.1) is 11.3 Å². The third-order valence-corrected chi connectivity index (χ3v) is 4.53. The summed E-state index contributed by atoms with van der Waals surface area (Å²) in [6, 6.07) is 0.449. The van der Waals surface area contributed by atoms with Crippen LogP contribution in [0.2, 0.25) is 0 Å². The van der Waals surface area contributed by atoms with Crippen LogP contribution in [-0.4, -0.2) is 23.4 Å². The topological polar surface area (TPSA) is 20.3 Å². The molecule has 0 aliphatic carbocycles. The van der Waals surface area contributed by atoms with Crippen molar-refractivity contribution < 1.29 is 4.79 Å². The zero-order chi connectivity index (χ0) is 13.1. The number of hydrogen-bond acceptors (Lipinski definition) is 1. The van der Waals surface area contributed by atoms with Gasteiger partial charge in [-0.3, -0.25) is 4.79 Å². The minimum Gasteiger partial charge on any atom is -0.339 e. The van der Waals surface area contributed by atoms with Crippen LogP contribution >= 0.6 is 0 Å². The number of nitrogens with zero attached hydrogens (tertiary/aromatic N) is 1. The van der Waals surface area contributed by atoms with Gasteiger partial charge in [0.15, 0.2) is 0 Å². The number of likely N-dealkylation sites (tertiary alicyclic amines) is 1. The van der Waals surface area contributed by atoms with Gasteiger partial charge >= 0.3 is 0 Å². The lowest BCUT2D eigenvalue weighted by atomic mass is 9.79. The number of amides is 1. The van der Waals surface area contributed by atoms with Crippen LogP contribution in [0.1, 0.15) is 66.7 Å². The third-order valence-electron chi connectivity index (χ3n) is 4.53. The van der Waals surface area contributed by atoms with Gasteiger partial charge in [0.05, 0.1) is 0 Å². The predicted octanol–water partition coefficient (Wildman–Crippen LogP) is 3.85. The molecule has 1 aliphatic heterocycles. The fourth-order valence-corrected chi connectivity index (χ4v) is 2.62. The highest BCUT2D eigenvalue weighted by Crippen LogP contribution is 2.33. The van der Waals surface area contributed by atoms with E-state index in [1.54, 1.807) is 0 Å². The van der Waals surface area contributed by atoms with Crippen LogP contribution < -0.4 is 0 Å². The van der Waals surface area contributed by atoms with Gasteiger partial charge in [0, 0.05) is 19.0 Å². The zero-order valence-electron chi connectivity index (χ0n) is 12.3. The van der Waals surface area contributed by atoms with Gasteiger partial charge in [-0.1, -0.05) is 47.5 Å². The van der Waals surface area contributed by atoms with E-state index in [0.717, 1.165) is 32.2 Å². The molecule has 2 nitrogen and oxygen atoms in total. The van der Waals surface area contributed by atoms with Crippen molar-refractivity contribution in [2.24, 2.45) is 11.3 Å². The Hall–Kier alpha value is -0.530. The van der Waals surface area contributed by atoms with Crippen molar-refractivity contribution in [2.45, 2.75) is 72.8 Å². The lowest BCUT2D eigenvalue weighted by molar-refractivity contribution is -0.131.